The number of fused-ring (bicyclic) bond motifs is 1. The Kier molecular flexibility index (Phi) is 3.79. The molecule has 2 N–H and O–H groups in total. The van der Waals surface area contributed by atoms with Crippen LogP contribution in [-0.2, 0) is 4.79 Å². The monoisotopic (exact) mass is 347 g/mol. The number of hydrogen-bond acceptors (Lipinski definition) is 4. The second kappa shape index (κ2) is 5.73. The second-order valence-electron chi connectivity index (χ2n) is 4.59. The van der Waals surface area contributed by atoms with Gasteiger partial charge in [0.05, 0.1) is 12.3 Å². The van der Waals surface area contributed by atoms with E-state index in [1.165, 1.54) is 0 Å². The Hall–Kier alpha value is -2.08. The summed E-state index contributed by atoms with van der Waals surface area (Å²) in [7, 11) is 0. The molecule has 1 aliphatic rings. The Bertz CT molecular complexity index is 690. The molecule has 1 unspecified atom stereocenters. The topological polar surface area (TPSA) is 63.2 Å². The fourth-order valence-electron chi connectivity index (χ4n) is 2.28. The Morgan fingerprint density at radius 2 is 2.29 bits per heavy atom. The van der Waals surface area contributed by atoms with Gasteiger partial charge in [0.25, 0.3) is 5.91 Å². The van der Waals surface area contributed by atoms with Crippen molar-refractivity contribution in [3.05, 3.63) is 46.6 Å². The maximum atomic E-state index is 12.2. The quantitative estimate of drug-likeness (QED) is 0.890. The lowest BCUT2D eigenvalue weighted by Gasteiger charge is -2.15. The molecule has 2 heterocycles. The van der Waals surface area contributed by atoms with Gasteiger partial charge in [-0.15, -0.1) is 0 Å². The smallest absolute Gasteiger partial charge is 0.251 e. The summed E-state index contributed by atoms with van der Waals surface area (Å²) in [5.41, 5.74) is 2.43. The van der Waals surface area contributed by atoms with Crippen molar-refractivity contribution in [2.24, 2.45) is 0 Å². The number of ether oxygens (including phenoxy) is 1. The molecular weight excluding hydrogens is 334 g/mol. The van der Waals surface area contributed by atoms with Gasteiger partial charge >= 0.3 is 0 Å². The van der Waals surface area contributed by atoms with Crippen molar-refractivity contribution < 1.29 is 9.53 Å². The normalized spacial score (nSPS) is 16.3. The van der Waals surface area contributed by atoms with E-state index in [-0.39, 0.29) is 5.91 Å². The van der Waals surface area contributed by atoms with Gasteiger partial charge in [0.15, 0.2) is 0 Å². The van der Waals surface area contributed by atoms with Crippen molar-refractivity contribution in [2.75, 3.05) is 17.2 Å². The lowest BCUT2D eigenvalue weighted by atomic mass is 10.1. The predicted molar refractivity (Wildman–Crippen MR) is 84.5 cm³/mol. The van der Waals surface area contributed by atoms with Gasteiger partial charge < -0.3 is 15.4 Å². The molecule has 1 aromatic heterocycles. The van der Waals surface area contributed by atoms with Crippen molar-refractivity contribution in [1.29, 1.82) is 0 Å². The van der Waals surface area contributed by atoms with Crippen molar-refractivity contribution in [1.82, 2.24) is 4.98 Å². The molecule has 0 aliphatic carbocycles. The molecule has 1 aromatic carbocycles. The molecule has 1 amide bonds. The van der Waals surface area contributed by atoms with Crippen LogP contribution in [0, 0.1) is 0 Å². The number of carbonyl (C=O) groups excluding carboxylic acids is 1. The maximum Gasteiger partial charge on any atom is 0.251 e. The third kappa shape index (κ3) is 2.71. The minimum absolute atomic E-state index is 0.0885. The highest BCUT2D eigenvalue weighted by molar-refractivity contribution is 9.10. The molecule has 3 rings (SSSR count). The van der Waals surface area contributed by atoms with E-state index in [0.717, 1.165) is 15.7 Å². The standard InChI is InChI=1S/C15H14BrN3O2/c1-2-21-15-12(4-3-7-17-15)18-13-10-8-9(16)5-6-11(10)19-14(13)20/h3-8,13,18H,2H2,1H3,(H,19,20). The van der Waals surface area contributed by atoms with Gasteiger partial charge in [-0.25, -0.2) is 4.98 Å². The first-order chi connectivity index (χ1) is 10.2. The van der Waals surface area contributed by atoms with Crippen LogP contribution < -0.4 is 15.4 Å². The second-order valence-corrected chi connectivity index (χ2v) is 5.50. The van der Waals surface area contributed by atoms with Crippen LogP contribution in [0.1, 0.15) is 18.5 Å². The molecule has 0 saturated carbocycles. The van der Waals surface area contributed by atoms with Crippen LogP contribution in [-0.4, -0.2) is 17.5 Å². The van der Waals surface area contributed by atoms with Gasteiger partial charge in [0.2, 0.25) is 5.88 Å². The number of carbonyl (C=O) groups is 1. The highest BCUT2D eigenvalue weighted by Gasteiger charge is 2.31. The number of nitrogens with one attached hydrogen (secondary N) is 2. The fraction of sp³-hybridized carbons (Fsp3) is 0.200. The van der Waals surface area contributed by atoms with Gasteiger partial charge in [-0.3, -0.25) is 4.79 Å². The van der Waals surface area contributed by atoms with E-state index >= 15 is 0 Å². The van der Waals surface area contributed by atoms with Crippen molar-refractivity contribution >= 4 is 33.2 Å². The number of hydrogen-bond donors (Lipinski definition) is 2. The average Bonchev–Trinajstić information content (AvgIpc) is 2.77. The molecule has 0 fully saturated rings. The maximum absolute atomic E-state index is 12.2. The zero-order valence-electron chi connectivity index (χ0n) is 11.4. The van der Waals surface area contributed by atoms with Crippen LogP contribution in [0.25, 0.3) is 0 Å². The average molecular weight is 348 g/mol. The molecule has 21 heavy (non-hydrogen) atoms. The van der Waals surface area contributed by atoms with E-state index in [4.69, 9.17) is 4.74 Å². The fourth-order valence-corrected chi connectivity index (χ4v) is 2.66. The van der Waals surface area contributed by atoms with Crippen molar-refractivity contribution in [3.8, 4) is 5.88 Å². The number of anilines is 2. The first-order valence-electron chi connectivity index (χ1n) is 6.63. The first kappa shape index (κ1) is 13.9. The Balaban J connectivity index is 1.93. The van der Waals surface area contributed by atoms with Crippen LogP contribution >= 0.6 is 15.9 Å². The van der Waals surface area contributed by atoms with Gasteiger partial charge in [0.1, 0.15) is 6.04 Å². The van der Waals surface area contributed by atoms with E-state index in [9.17, 15) is 4.79 Å². The molecule has 0 saturated heterocycles. The van der Waals surface area contributed by atoms with E-state index in [2.05, 4.69) is 31.5 Å². The van der Waals surface area contributed by atoms with Crippen molar-refractivity contribution in [3.63, 3.8) is 0 Å². The summed E-state index contributed by atoms with van der Waals surface area (Å²) in [6.07, 6.45) is 1.66. The summed E-state index contributed by atoms with van der Waals surface area (Å²) in [5.74, 6) is 0.408. The summed E-state index contributed by atoms with van der Waals surface area (Å²) >= 11 is 3.43. The van der Waals surface area contributed by atoms with Crippen LogP contribution in [0.4, 0.5) is 11.4 Å². The first-order valence-corrected chi connectivity index (χ1v) is 7.43. The largest absolute Gasteiger partial charge is 0.476 e. The molecule has 108 valence electrons. The Morgan fingerprint density at radius 3 is 3.10 bits per heavy atom. The lowest BCUT2D eigenvalue weighted by Crippen LogP contribution is -2.20. The summed E-state index contributed by atoms with van der Waals surface area (Å²) in [6.45, 7) is 2.41. The molecule has 0 bridgehead atoms. The minimum atomic E-state index is -0.457. The highest BCUT2D eigenvalue weighted by Crippen LogP contribution is 2.36. The number of aromatic nitrogens is 1. The number of benzene rings is 1. The Labute approximate surface area is 130 Å². The minimum Gasteiger partial charge on any atom is -0.476 e. The number of amides is 1. The van der Waals surface area contributed by atoms with Crippen LogP contribution in [0.5, 0.6) is 5.88 Å². The molecule has 0 radical (unpaired) electrons. The number of pyridine rings is 1. The number of rotatable bonds is 4. The zero-order chi connectivity index (χ0) is 14.8. The number of halogens is 1. The van der Waals surface area contributed by atoms with E-state index in [1.807, 2.05) is 31.2 Å². The van der Waals surface area contributed by atoms with Crippen LogP contribution in [0.2, 0.25) is 0 Å². The molecule has 6 heteroatoms. The molecule has 2 aromatic rings. The lowest BCUT2D eigenvalue weighted by molar-refractivity contribution is -0.116. The summed E-state index contributed by atoms with van der Waals surface area (Å²) < 4.78 is 6.41. The third-order valence-corrected chi connectivity index (χ3v) is 3.69. The zero-order valence-corrected chi connectivity index (χ0v) is 13.0. The number of nitrogens with zero attached hydrogens (tertiary/aromatic N) is 1. The summed E-state index contributed by atoms with van der Waals surface area (Å²) in [6, 6.07) is 8.91. The SMILES string of the molecule is CCOc1ncccc1NC1C(=O)Nc2ccc(Br)cc21. The highest BCUT2D eigenvalue weighted by atomic mass is 79.9. The van der Waals surface area contributed by atoms with Gasteiger partial charge in [0, 0.05) is 21.9 Å². The predicted octanol–water partition coefficient (Wildman–Crippen LogP) is 3.35. The van der Waals surface area contributed by atoms with E-state index < -0.39 is 6.04 Å². The van der Waals surface area contributed by atoms with E-state index in [1.54, 1.807) is 12.3 Å². The Morgan fingerprint density at radius 1 is 1.43 bits per heavy atom. The molecular formula is C15H14BrN3O2. The molecule has 1 atom stereocenters. The third-order valence-electron chi connectivity index (χ3n) is 3.20. The van der Waals surface area contributed by atoms with E-state index in [0.29, 0.717) is 18.2 Å². The van der Waals surface area contributed by atoms with Gasteiger partial charge in [-0.1, -0.05) is 15.9 Å². The summed E-state index contributed by atoms with van der Waals surface area (Å²) in [4.78, 5) is 16.3. The molecule has 5 nitrogen and oxygen atoms in total. The molecule has 1 aliphatic heterocycles. The summed E-state index contributed by atoms with van der Waals surface area (Å²) in [5, 5.41) is 6.07. The van der Waals surface area contributed by atoms with Crippen molar-refractivity contribution in [2.45, 2.75) is 13.0 Å². The van der Waals surface area contributed by atoms with Crippen LogP contribution in [0.15, 0.2) is 41.0 Å². The molecule has 0 spiro atoms. The van der Waals surface area contributed by atoms with Gasteiger partial charge in [-0.05, 0) is 37.3 Å². The van der Waals surface area contributed by atoms with Gasteiger partial charge in [-0.2, -0.15) is 0 Å². The van der Waals surface area contributed by atoms with Crippen LogP contribution in [0.3, 0.4) is 0 Å².